The molecule has 0 radical (unpaired) electrons. The molecule has 1 aliphatic heterocycles. The monoisotopic (exact) mass is 254 g/mol. The second-order valence-corrected chi connectivity index (χ2v) is 5.61. The highest BCUT2D eigenvalue weighted by Gasteiger charge is 2.24. The van der Waals surface area contributed by atoms with Crippen molar-refractivity contribution in [2.75, 3.05) is 13.2 Å². The summed E-state index contributed by atoms with van der Waals surface area (Å²) in [6.07, 6.45) is 1.45. The zero-order valence-electron chi connectivity index (χ0n) is 9.30. The molecule has 1 atom stereocenters. The van der Waals surface area contributed by atoms with Gasteiger partial charge < -0.3 is 9.84 Å². The summed E-state index contributed by atoms with van der Waals surface area (Å²) < 4.78 is 17.5. The number of benzene rings is 1. The lowest BCUT2D eigenvalue weighted by molar-refractivity contribution is 0.0693. The fourth-order valence-corrected chi connectivity index (χ4v) is 3.45. The van der Waals surface area contributed by atoms with E-state index in [1.807, 2.05) is 0 Å². The van der Waals surface area contributed by atoms with Crippen molar-refractivity contribution in [2.24, 2.45) is 0 Å². The average molecular weight is 254 g/mol. The van der Waals surface area contributed by atoms with Crippen LogP contribution in [0.3, 0.4) is 0 Å². The van der Waals surface area contributed by atoms with Crippen molar-refractivity contribution < 1.29 is 18.8 Å². The minimum atomic E-state index is -1.26. The molecule has 1 aromatic carbocycles. The highest BCUT2D eigenvalue weighted by Crippen LogP contribution is 2.22. The first-order chi connectivity index (χ1) is 8.20. The van der Waals surface area contributed by atoms with E-state index in [4.69, 9.17) is 9.84 Å². The Morgan fingerprint density at radius 2 is 1.94 bits per heavy atom. The van der Waals surface area contributed by atoms with Crippen LogP contribution in [0.5, 0.6) is 0 Å². The maximum absolute atomic E-state index is 12.3. The van der Waals surface area contributed by atoms with Gasteiger partial charge in [0.2, 0.25) is 0 Å². The summed E-state index contributed by atoms with van der Waals surface area (Å²) in [4.78, 5) is 11.5. The summed E-state index contributed by atoms with van der Waals surface area (Å²) in [5.74, 6) is -1.03. The minimum Gasteiger partial charge on any atom is -0.478 e. The van der Waals surface area contributed by atoms with E-state index in [1.165, 1.54) is 6.07 Å². The van der Waals surface area contributed by atoms with Crippen molar-refractivity contribution in [3.05, 3.63) is 29.8 Å². The van der Waals surface area contributed by atoms with Crippen LogP contribution in [0, 0.1) is 0 Å². The van der Waals surface area contributed by atoms with Gasteiger partial charge in [0.15, 0.2) is 0 Å². The molecular weight excluding hydrogens is 240 g/mol. The van der Waals surface area contributed by atoms with Crippen molar-refractivity contribution in [1.29, 1.82) is 0 Å². The second-order valence-electron chi connectivity index (χ2n) is 3.91. The fraction of sp³-hybridized carbons (Fsp3) is 0.417. The Hall–Kier alpha value is -1.20. The van der Waals surface area contributed by atoms with Crippen molar-refractivity contribution in [1.82, 2.24) is 0 Å². The van der Waals surface area contributed by atoms with Crippen LogP contribution in [0.25, 0.3) is 0 Å². The molecule has 0 amide bonds. The number of carboxylic acid groups (broad SMARTS) is 1. The minimum absolute atomic E-state index is 0.00394. The zero-order valence-corrected chi connectivity index (χ0v) is 10.1. The fourth-order valence-electron chi connectivity index (χ4n) is 1.89. The van der Waals surface area contributed by atoms with Gasteiger partial charge in [-0.2, -0.15) is 0 Å². The van der Waals surface area contributed by atoms with Crippen LogP contribution in [-0.2, 0) is 15.5 Å². The van der Waals surface area contributed by atoms with Crippen LogP contribution in [0.2, 0.25) is 0 Å². The van der Waals surface area contributed by atoms with Crippen molar-refractivity contribution in [3.8, 4) is 0 Å². The van der Waals surface area contributed by atoms with Gasteiger partial charge in [0, 0.05) is 18.5 Å². The number of rotatable bonds is 3. The second kappa shape index (κ2) is 5.42. The van der Waals surface area contributed by atoms with Gasteiger partial charge in [-0.3, -0.25) is 4.21 Å². The van der Waals surface area contributed by atoms with E-state index in [2.05, 4.69) is 0 Å². The Balaban J connectivity index is 2.26. The van der Waals surface area contributed by atoms with Gasteiger partial charge in [0.1, 0.15) is 0 Å². The molecule has 4 nitrogen and oxygen atoms in total. The van der Waals surface area contributed by atoms with E-state index in [0.29, 0.717) is 18.1 Å². The largest absolute Gasteiger partial charge is 0.478 e. The Morgan fingerprint density at radius 1 is 1.29 bits per heavy atom. The Morgan fingerprint density at radius 3 is 2.59 bits per heavy atom. The maximum atomic E-state index is 12.3. The topological polar surface area (TPSA) is 63.6 Å². The molecule has 5 heteroatoms. The maximum Gasteiger partial charge on any atom is 0.336 e. The quantitative estimate of drug-likeness (QED) is 0.891. The lowest BCUT2D eigenvalue weighted by Crippen LogP contribution is -2.25. The molecule has 1 aliphatic rings. The Bertz CT molecular complexity index is 438. The van der Waals surface area contributed by atoms with Gasteiger partial charge in [-0.05, 0) is 25.0 Å². The molecule has 17 heavy (non-hydrogen) atoms. The van der Waals surface area contributed by atoms with Gasteiger partial charge in [-0.25, -0.2) is 4.79 Å². The predicted octanol–water partition coefficient (Wildman–Crippen LogP) is 1.67. The number of carbonyl (C=O) groups is 1. The van der Waals surface area contributed by atoms with E-state index in [-0.39, 0.29) is 10.8 Å². The Labute approximate surface area is 102 Å². The number of hydrogen-bond donors (Lipinski definition) is 1. The number of ether oxygens (including phenoxy) is 1. The molecule has 0 saturated carbocycles. The molecule has 0 aliphatic carbocycles. The van der Waals surface area contributed by atoms with Gasteiger partial charge >= 0.3 is 5.97 Å². The summed E-state index contributed by atoms with van der Waals surface area (Å²) in [5.41, 5.74) is 0.136. The smallest absolute Gasteiger partial charge is 0.336 e. The van der Waals surface area contributed by atoms with Crippen molar-refractivity contribution >= 4 is 16.8 Å². The van der Waals surface area contributed by atoms with Crippen LogP contribution in [0.1, 0.15) is 23.2 Å². The summed E-state index contributed by atoms with van der Waals surface area (Å²) in [7, 11) is -1.26. The van der Waals surface area contributed by atoms with E-state index in [9.17, 15) is 9.00 Å². The summed E-state index contributed by atoms with van der Waals surface area (Å²) in [6, 6.07) is 6.50. The standard InChI is InChI=1S/C12H14O4S/c13-12(14)10-3-1-2-4-11(10)17(15)9-5-7-16-8-6-9/h1-4,9H,5-8H2,(H,13,14). The van der Waals surface area contributed by atoms with Crippen molar-refractivity contribution in [3.63, 3.8) is 0 Å². The molecule has 1 heterocycles. The first kappa shape index (κ1) is 12.3. The van der Waals surface area contributed by atoms with Crippen LogP contribution >= 0.6 is 0 Å². The zero-order chi connectivity index (χ0) is 12.3. The summed E-state index contributed by atoms with van der Waals surface area (Å²) in [5, 5.41) is 9.06. The van der Waals surface area contributed by atoms with Crippen LogP contribution in [0.15, 0.2) is 29.2 Å². The highest BCUT2D eigenvalue weighted by molar-refractivity contribution is 7.85. The molecule has 0 bridgehead atoms. The van der Waals surface area contributed by atoms with Gasteiger partial charge in [-0.15, -0.1) is 0 Å². The van der Waals surface area contributed by atoms with Crippen LogP contribution in [0.4, 0.5) is 0 Å². The highest BCUT2D eigenvalue weighted by atomic mass is 32.2. The Kier molecular flexibility index (Phi) is 3.91. The third kappa shape index (κ3) is 2.73. The lowest BCUT2D eigenvalue weighted by Gasteiger charge is -2.21. The molecule has 1 aromatic rings. The number of aromatic carboxylic acids is 1. The molecule has 92 valence electrons. The molecule has 2 rings (SSSR count). The van der Waals surface area contributed by atoms with Crippen LogP contribution in [-0.4, -0.2) is 33.7 Å². The van der Waals surface area contributed by atoms with E-state index in [1.54, 1.807) is 18.2 Å². The molecule has 1 fully saturated rings. The predicted molar refractivity (Wildman–Crippen MR) is 63.7 cm³/mol. The lowest BCUT2D eigenvalue weighted by atomic mass is 10.2. The first-order valence-corrected chi connectivity index (χ1v) is 6.72. The number of hydrogen-bond acceptors (Lipinski definition) is 3. The molecule has 0 aromatic heterocycles. The third-order valence-corrected chi connectivity index (χ3v) is 4.67. The van der Waals surface area contributed by atoms with Gasteiger partial charge in [0.05, 0.1) is 21.3 Å². The summed E-state index contributed by atoms with van der Waals surface area (Å²) >= 11 is 0. The number of carboxylic acids is 1. The third-order valence-electron chi connectivity index (χ3n) is 2.81. The van der Waals surface area contributed by atoms with Crippen LogP contribution < -0.4 is 0 Å². The van der Waals surface area contributed by atoms with E-state index >= 15 is 0 Å². The van der Waals surface area contributed by atoms with E-state index < -0.39 is 16.8 Å². The molecule has 1 saturated heterocycles. The summed E-state index contributed by atoms with van der Waals surface area (Å²) in [6.45, 7) is 1.21. The molecule has 1 unspecified atom stereocenters. The molecular formula is C12H14O4S. The molecule has 0 spiro atoms. The van der Waals surface area contributed by atoms with Crippen molar-refractivity contribution in [2.45, 2.75) is 23.0 Å². The van der Waals surface area contributed by atoms with E-state index in [0.717, 1.165) is 12.8 Å². The molecule has 1 N–H and O–H groups in total. The SMILES string of the molecule is O=C(O)c1ccccc1S(=O)C1CCOCC1. The van der Waals surface area contributed by atoms with Gasteiger partial charge in [-0.1, -0.05) is 12.1 Å². The normalized spacial score (nSPS) is 18.8. The first-order valence-electron chi connectivity index (χ1n) is 5.51. The van der Waals surface area contributed by atoms with Gasteiger partial charge in [0.25, 0.3) is 0 Å². The average Bonchev–Trinajstić information content (AvgIpc) is 2.39.